The molecule has 208 valence electrons. The number of rotatable bonds is 9. The molecule has 0 radical (unpaired) electrons. The number of benzene rings is 2. The highest BCUT2D eigenvalue weighted by molar-refractivity contribution is 6.30. The molecule has 1 saturated carbocycles. The number of halogens is 6. The second-order valence-electron chi connectivity index (χ2n) is 9.27. The third-order valence-electron chi connectivity index (χ3n) is 6.47. The molecule has 3 aromatic rings. The maximum atomic E-state index is 14.9. The Bertz CT molecular complexity index is 1280. The van der Waals surface area contributed by atoms with Gasteiger partial charge in [0.25, 0.3) is 0 Å². The van der Waals surface area contributed by atoms with E-state index in [1.165, 1.54) is 18.3 Å². The van der Waals surface area contributed by atoms with Crippen molar-refractivity contribution in [1.82, 2.24) is 15.6 Å². The van der Waals surface area contributed by atoms with E-state index in [0.29, 0.717) is 30.9 Å². The van der Waals surface area contributed by atoms with Crippen LogP contribution in [0, 0.1) is 5.82 Å². The average molecular weight is 570 g/mol. The third-order valence-corrected chi connectivity index (χ3v) is 6.70. The predicted octanol–water partition coefficient (Wildman–Crippen LogP) is 5.81. The van der Waals surface area contributed by atoms with Crippen LogP contribution < -0.4 is 15.4 Å². The van der Waals surface area contributed by atoms with Crippen LogP contribution in [0.3, 0.4) is 0 Å². The van der Waals surface area contributed by atoms with Gasteiger partial charge in [0.1, 0.15) is 17.1 Å². The van der Waals surface area contributed by atoms with Crippen molar-refractivity contribution < 1.29 is 36.6 Å². The fourth-order valence-corrected chi connectivity index (χ4v) is 4.74. The van der Waals surface area contributed by atoms with E-state index in [4.69, 9.17) is 11.6 Å². The minimum absolute atomic E-state index is 0.0583. The highest BCUT2D eigenvalue weighted by Crippen LogP contribution is 2.37. The Morgan fingerprint density at radius 1 is 1.13 bits per heavy atom. The second kappa shape index (κ2) is 11.7. The van der Waals surface area contributed by atoms with Gasteiger partial charge in [0.2, 0.25) is 0 Å². The minimum atomic E-state index is -4.89. The number of aromatic nitrogens is 1. The summed E-state index contributed by atoms with van der Waals surface area (Å²) in [5, 5.41) is 15.9. The van der Waals surface area contributed by atoms with Crippen molar-refractivity contribution in [3.8, 4) is 5.75 Å². The number of hydrogen-bond donors (Lipinski definition) is 3. The summed E-state index contributed by atoms with van der Waals surface area (Å²) >= 11 is 6.03. The molecule has 2 amide bonds. The number of alkyl halides is 4. The van der Waals surface area contributed by atoms with Crippen LogP contribution in [-0.4, -0.2) is 40.8 Å². The molecule has 1 unspecified atom stereocenters. The van der Waals surface area contributed by atoms with Gasteiger partial charge in [-0.15, -0.1) is 0 Å². The number of carbonyl (C=O) groups is 1. The van der Waals surface area contributed by atoms with Gasteiger partial charge in [-0.2, -0.15) is 17.6 Å². The van der Waals surface area contributed by atoms with Gasteiger partial charge in [0.15, 0.2) is 0 Å². The number of aliphatic hydroxyl groups is 1. The van der Waals surface area contributed by atoms with Crippen LogP contribution in [0.15, 0.2) is 66.9 Å². The van der Waals surface area contributed by atoms with E-state index >= 15 is 0 Å². The molecule has 1 fully saturated rings. The normalized spacial score (nSPS) is 19.0. The Balaban J connectivity index is 1.86. The Hall–Kier alpha value is -3.44. The summed E-state index contributed by atoms with van der Waals surface area (Å²) < 4.78 is 72.2. The first-order valence-corrected chi connectivity index (χ1v) is 12.4. The zero-order chi connectivity index (χ0) is 28.2. The molecule has 1 aromatic heterocycles. The Labute approximate surface area is 226 Å². The Morgan fingerprint density at radius 3 is 2.49 bits per heavy atom. The number of nitrogens with zero attached hydrogens (tertiary/aromatic N) is 1. The summed E-state index contributed by atoms with van der Waals surface area (Å²) in [5.41, 5.74) is -1.04. The molecule has 1 heterocycles. The SMILES string of the molecule is O=C(NC1CCC[C@H]1O)N[C@@](Cc1ccccc1)(c1cc(F)cc(OC(F)(F)C(F)F)c1)c1ccc(Cl)cn1. The molecule has 0 aliphatic heterocycles. The van der Waals surface area contributed by atoms with Gasteiger partial charge in [-0.05, 0) is 54.7 Å². The standard InChI is InChI=1S/C27H25ClF5N3O3/c28-18-9-10-23(34-15-18)26(14-16-5-2-1-3-6-16,36-25(38)35-21-7-4-8-22(21)37)17-11-19(29)13-20(12-17)39-27(32,33)24(30)31/h1-3,5-6,9-13,15,21-22,24,37H,4,7-8,14H2,(H2,35,36,38)/t21?,22-,26+/m1/s1. The van der Waals surface area contributed by atoms with Gasteiger partial charge < -0.3 is 20.5 Å². The summed E-state index contributed by atoms with van der Waals surface area (Å²) in [5.74, 6) is -1.96. The molecule has 12 heteroatoms. The van der Waals surface area contributed by atoms with E-state index in [-0.39, 0.29) is 22.7 Å². The number of carbonyl (C=O) groups excluding carboxylic acids is 1. The molecular formula is C27H25ClF5N3O3. The topological polar surface area (TPSA) is 83.5 Å². The molecule has 0 bridgehead atoms. The van der Waals surface area contributed by atoms with Gasteiger partial charge >= 0.3 is 18.6 Å². The second-order valence-corrected chi connectivity index (χ2v) is 9.71. The van der Waals surface area contributed by atoms with Crippen LogP contribution >= 0.6 is 11.6 Å². The molecular weight excluding hydrogens is 545 g/mol. The van der Waals surface area contributed by atoms with E-state index in [2.05, 4.69) is 20.4 Å². The molecule has 0 spiro atoms. The quantitative estimate of drug-likeness (QED) is 0.284. The van der Waals surface area contributed by atoms with Crippen LogP contribution in [0.5, 0.6) is 5.75 Å². The lowest BCUT2D eigenvalue weighted by molar-refractivity contribution is -0.253. The monoisotopic (exact) mass is 569 g/mol. The molecule has 3 atom stereocenters. The minimum Gasteiger partial charge on any atom is -0.428 e. The first kappa shape index (κ1) is 28.6. The van der Waals surface area contributed by atoms with E-state index < -0.39 is 47.8 Å². The van der Waals surface area contributed by atoms with E-state index in [0.717, 1.165) is 12.1 Å². The van der Waals surface area contributed by atoms with E-state index in [1.54, 1.807) is 30.3 Å². The predicted molar refractivity (Wildman–Crippen MR) is 133 cm³/mol. The molecule has 4 rings (SSSR count). The fourth-order valence-electron chi connectivity index (χ4n) is 4.63. The van der Waals surface area contributed by atoms with Crippen LogP contribution in [-0.2, 0) is 12.0 Å². The number of nitrogens with one attached hydrogen (secondary N) is 2. The van der Waals surface area contributed by atoms with Crippen LogP contribution in [0.2, 0.25) is 5.02 Å². The number of amides is 2. The summed E-state index contributed by atoms with van der Waals surface area (Å²) in [6.07, 6.45) is -6.87. The maximum Gasteiger partial charge on any atom is 0.461 e. The van der Waals surface area contributed by atoms with Crippen molar-refractivity contribution >= 4 is 17.6 Å². The molecule has 6 nitrogen and oxygen atoms in total. The molecule has 2 aromatic carbocycles. The van der Waals surface area contributed by atoms with Crippen molar-refractivity contribution in [1.29, 1.82) is 0 Å². The van der Waals surface area contributed by atoms with Crippen LogP contribution in [0.1, 0.15) is 36.1 Å². The summed E-state index contributed by atoms with van der Waals surface area (Å²) in [6.45, 7) is 0. The van der Waals surface area contributed by atoms with Gasteiger partial charge in [0, 0.05) is 18.7 Å². The van der Waals surface area contributed by atoms with Gasteiger partial charge in [-0.25, -0.2) is 9.18 Å². The van der Waals surface area contributed by atoms with Crippen molar-refractivity contribution in [2.45, 2.75) is 55.9 Å². The van der Waals surface area contributed by atoms with E-state index in [1.807, 2.05) is 0 Å². The first-order valence-electron chi connectivity index (χ1n) is 12.1. The molecule has 39 heavy (non-hydrogen) atoms. The lowest BCUT2D eigenvalue weighted by Crippen LogP contribution is -2.55. The number of pyridine rings is 1. The number of urea groups is 1. The summed E-state index contributed by atoms with van der Waals surface area (Å²) in [6, 6.07) is 12.8. The Kier molecular flexibility index (Phi) is 8.60. The smallest absolute Gasteiger partial charge is 0.428 e. The summed E-state index contributed by atoms with van der Waals surface area (Å²) in [7, 11) is 0. The molecule has 3 N–H and O–H groups in total. The van der Waals surface area contributed by atoms with E-state index in [9.17, 15) is 31.9 Å². The number of aliphatic hydroxyl groups excluding tert-OH is 1. The van der Waals surface area contributed by atoms with Crippen molar-refractivity contribution in [3.63, 3.8) is 0 Å². The van der Waals surface area contributed by atoms with Gasteiger partial charge in [-0.3, -0.25) is 4.98 Å². The van der Waals surface area contributed by atoms with Crippen LogP contribution in [0.4, 0.5) is 26.7 Å². The third kappa shape index (κ3) is 6.77. The number of ether oxygens (including phenoxy) is 1. The zero-order valence-electron chi connectivity index (χ0n) is 20.4. The lowest BCUT2D eigenvalue weighted by Gasteiger charge is -2.36. The van der Waals surface area contributed by atoms with Gasteiger partial charge in [0.05, 0.1) is 22.9 Å². The molecule has 1 aliphatic rings. The van der Waals surface area contributed by atoms with Crippen molar-refractivity contribution in [2.75, 3.05) is 0 Å². The number of hydrogen-bond acceptors (Lipinski definition) is 4. The zero-order valence-corrected chi connectivity index (χ0v) is 21.1. The highest BCUT2D eigenvalue weighted by atomic mass is 35.5. The van der Waals surface area contributed by atoms with Crippen LogP contribution in [0.25, 0.3) is 0 Å². The molecule has 1 aliphatic carbocycles. The summed E-state index contributed by atoms with van der Waals surface area (Å²) in [4.78, 5) is 17.7. The Morgan fingerprint density at radius 2 is 1.87 bits per heavy atom. The fraction of sp³-hybridized carbons (Fsp3) is 0.333. The van der Waals surface area contributed by atoms with Crippen molar-refractivity contribution in [2.24, 2.45) is 0 Å². The highest BCUT2D eigenvalue weighted by Gasteiger charge is 2.45. The first-order chi connectivity index (χ1) is 18.5. The maximum absolute atomic E-state index is 14.9. The van der Waals surface area contributed by atoms with Gasteiger partial charge in [-0.1, -0.05) is 41.9 Å². The van der Waals surface area contributed by atoms with Crippen molar-refractivity contribution in [3.05, 3.63) is 94.5 Å². The average Bonchev–Trinajstić information content (AvgIpc) is 3.27. The molecule has 0 saturated heterocycles. The lowest BCUT2D eigenvalue weighted by atomic mass is 9.80. The largest absolute Gasteiger partial charge is 0.461 e.